The molecule has 5 nitrogen and oxygen atoms in total. The maximum Gasteiger partial charge on any atom is 0.255 e. The average Bonchev–Trinajstić information content (AvgIpc) is 2.50. The Kier molecular flexibility index (Phi) is 3.23. The molecule has 0 aliphatic heterocycles. The highest BCUT2D eigenvalue weighted by atomic mass is 16.1. The van der Waals surface area contributed by atoms with Crippen LogP contribution in [-0.4, -0.2) is 15.9 Å². The van der Waals surface area contributed by atoms with Crippen LogP contribution in [0.4, 0.5) is 11.4 Å². The number of anilines is 2. The highest BCUT2D eigenvalue weighted by molar-refractivity contribution is 6.06. The summed E-state index contributed by atoms with van der Waals surface area (Å²) in [5.41, 5.74) is 10.1. The van der Waals surface area contributed by atoms with Crippen LogP contribution in [0.15, 0.2) is 48.8 Å². The van der Waals surface area contributed by atoms with E-state index in [1.54, 1.807) is 42.7 Å². The molecular weight excluding hydrogens is 264 g/mol. The van der Waals surface area contributed by atoms with Gasteiger partial charge in [-0.15, -0.1) is 0 Å². The van der Waals surface area contributed by atoms with Crippen LogP contribution >= 0.6 is 0 Å². The maximum absolute atomic E-state index is 12.3. The SMILES string of the molecule is Cc1cc(NC(=O)c2ccc3nccnc3c2)ccc1N. The summed E-state index contributed by atoms with van der Waals surface area (Å²) in [7, 11) is 0. The number of nitrogens with one attached hydrogen (secondary N) is 1. The molecule has 21 heavy (non-hydrogen) atoms. The molecule has 0 aliphatic carbocycles. The largest absolute Gasteiger partial charge is 0.399 e. The fourth-order valence-electron chi connectivity index (χ4n) is 2.06. The summed E-state index contributed by atoms with van der Waals surface area (Å²) in [6, 6.07) is 10.6. The van der Waals surface area contributed by atoms with E-state index >= 15 is 0 Å². The normalized spacial score (nSPS) is 10.5. The molecule has 3 aromatic rings. The summed E-state index contributed by atoms with van der Waals surface area (Å²) >= 11 is 0. The van der Waals surface area contributed by atoms with E-state index < -0.39 is 0 Å². The molecule has 3 rings (SSSR count). The van der Waals surface area contributed by atoms with Crippen LogP contribution < -0.4 is 11.1 Å². The van der Waals surface area contributed by atoms with E-state index in [1.807, 2.05) is 13.0 Å². The van der Waals surface area contributed by atoms with Crippen LogP contribution in [0.2, 0.25) is 0 Å². The molecule has 0 bridgehead atoms. The summed E-state index contributed by atoms with van der Waals surface area (Å²) in [4.78, 5) is 20.6. The van der Waals surface area contributed by atoms with Gasteiger partial charge in [0.25, 0.3) is 5.91 Å². The van der Waals surface area contributed by atoms with Gasteiger partial charge in [0.15, 0.2) is 0 Å². The maximum atomic E-state index is 12.3. The molecule has 0 fully saturated rings. The fraction of sp³-hybridized carbons (Fsp3) is 0.0625. The molecule has 0 unspecified atom stereocenters. The summed E-state index contributed by atoms with van der Waals surface area (Å²) in [6.45, 7) is 1.90. The number of benzene rings is 2. The van der Waals surface area contributed by atoms with Crippen molar-refractivity contribution in [2.24, 2.45) is 0 Å². The van der Waals surface area contributed by atoms with E-state index in [2.05, 4.69) is 15.3 Å². The lowest BCUT2D eigenvalue weighted by Crippen LogP contribution is -2.12. The average molecular weight is 278 g/mol. The fourth-order valence-corrected chi connectivity index (χ4v) is 2.06. The second-order valence-electron chi connectivity index (χ2n) is 4.79. The van der Waals surface area contributed by atoms with Gasteiger partial charge in [0, 0.05) is 29.3 Å². The van der Waals surface area contributed by atoms with Crippen LogP contribution in [0.3, 0.4) is 0 Å². The molecule has 1 heterocycles. The minimum atomic E-state index is -0.188. The molecule has 5 heteroatoms. The zero-order valence-corrected chi connectivity index (χ0v) is 11.5. The first-order chi connectivity index (χ1) is 10.1. The molecule has 0 saturated heterocycles. The number of aryl methyl sites for hydroxylation is 1. The van der Waals surface area contributed by atoms with Crippen molar-refractivity contribution in [3.05, 3.63) is 59.9 Å². The van der Waals surface area contributed by atoms with E-state index in [4.69, 9.17) is 5.73 Å². The van der Waals surface area contributed by atoms with Gasteiger partial charge in [-0.25, -0.2) is 0 Å². The van der Waals surface area contributed by atoms with Crippen molar-refractivity contribution in [1.29, 1.82) is 0 Å². The lowest BCUT2D eigenvalue weighted by Gasteiger charge is -2.08. The van der Waals surface area contributed by atoms with E-state index in [9.17, 15) is 4.79 Å². The third-order valence-corrected chi connectivity index (χ3v) is 3.26. The number of nitrogens with zero attached hydrogens (tertiary/aromatic N) is 2. The predicted molar refractivity (Wildman–Crippen MR) is 83.1 cm³/mol. The zero-order chi connectivity index (χ0) is 14.8. The molecule has 0 atom stereocenters. The minimum absolute atomic E-state index is 0.188. The highest BCUT2D eigenvalue weighted by Gasteiger charge is 2.08. The molecule has 1 amide bonds. The van der Waals surface area contributed by atoms with Crippen LogP contribution in [0.1, 0.15) is 15.9 Å². The summed E-state index contributed by atoms with van der Waals surface area (Å²) in [5, 5.41) is 2.85. The van der Waals surface area contributed by atoms with Gasteiger partial charge in [-0.2, -0.15) is 0 Å². The Morgan fingerprint density at radius 1 is 1.05 bits per heavy atom. The number of hydrogen-bond donors (Lipinski definition) is 2. The van der Waals surface area contributed by atoms with E-state index in [0.717, 1.165) is 11.1 Å². The number of carbonyl (C=O) groups is 1. The molecule has 2 aromatic carbocycles. The molecule has 0 spiro atoms. The van der Waals surface area contributed by atoms with Crippen LogP contribution in [0.5, 0.6) is 0 Å². The number of nitrogens with two attached hydrogens (primary N) is 1. The number of nitrogen functional groups attached to an aromatic ring is 1. The lowest BCUT2D eigenvalue weighted by molar-refractivity contribution is 0.102. The van der Waals surface area contributed by atoms with Gasteiger partial charge < -0.3 is 11.1 Å². The Morgan fingerprint density at radius 2 is 1.81 bits per heavy atom. The van der Waals surface area contributed by atoms with E-state index in [1.165, 1.54) is 0 Å². The first kappa shape index (κ1) is 13.1. The van der Waals surface area contributed by atoms with Crippen molar-refractivity contribution in [2.75, 3.05) is 11.1 Å². The number of hydrogen-bond acceptors (Lipinski definition) is 4. The third-order valence-electron chi connectivity index (χ3n) is 3.26. The van der Waals surface area contributed by atoms with Gasteiger partial charge in [-0.1, -0.05) is 0 Å². The zero-order valence-electron chi connectivity index (χ0n) is 11.5. The molecule has 1 aromatic heterocycles. The van der Waals surface area contributed by atoms with Crippen molar-refractivity contribution in [2.45, 2.75) is 6.92 Å². The summed E-state index contributed by atoms with van der Waals surface area (Å²) < 4.78 is 0. The predicted octanol–water partition coefficient (Wildman–Crippen LogP) is 2.77. The molecule has 0 radical (unpaired) electrons. The monoisotopic (exact) mass is 278 g/mol. The Labute approximate surface area is 121 Å². The first-order valence-electron chi connectivity index (χ1n) is 6.52. The van der Waals surface area contributed by atoms with Gasteiger partial charge in [0.05, 0.1) is 11.0 Å². The van der Waals surface area contributed by atoms with Gasteiger partial charge in [-0.05, 0) is 48.9 Å². The second kappa shape index (κ2) is 5.20. The topological polar surface area (TPSA) is 80.9 Å². The van der Waals surface area contributed by atoms with Crippen molar-refractivity contribution in [3.8, 4) is 0 Å². The van der Waals surface area contributed by atoms with Crippen molar-refractivity contribution < 1.29 is 4.79 Å². The molecule has 3 N–H and O–H groups in total. The minimum Gasteiger partial charge on any atom is -0.399 e. The smallest absolute Gasteiger partial charge is 0.255 e. The van der Waals surface area contributed by atoms with Crippen LogP contribution in [0.25, 0.3) is 11.0 Å². The van der Waals surface area contributed by atoms with Crippen LogP contribution in [-0.2, 0) is 0 Å². The van der Waals surface area contributed by atoms with Crippen molar-refractivity contribution >= 4 is 28.3 Å². The summed E-state index contributed by atoms with van der Waals surface area (Å²) in [5.74, 6) is -0.188. The summed E-state index contributed by atoms with van der Waals surface area (Å²) in [6.07, 6.45) is 3.23. The molecule has 104 valence electrons. The Balaban J connectivity index is 1.87. The molecular formula is C16H14N4O. The number of fused-ring (bicyclic) bond motifs is 1. The van der Waals surface area contributed by atoms with Gasteiger partial charge in [0.1, 0.15) is 0 Å². The van der Waals surface area contributed by atoms with Crippen molar-refractivity contribution in [3.63, 3.8) is 0 Å². The lowest BCUT2D eigenvalue weighted by atomic mass is 10.1. The number of rotatable bonds is 2. The van der Waals surface area contributed by atoms with Crippen molar-refractivity contribution in [1.82, 2.24) is 9.97 Å². The highest BCUT2D eigenvalue weighted by Crippen LogP contribution is 2.18. The number of aromatic nitrogens is 2. The van der Waals surface area contributed by atoms with E-state index in [0.29, 0.717) is 22.5 Å². The number of carbonyl (C=O) groups excluding carboxylic acids is 1. The van der Waals surface area contributed by atoms with Gasteiger partial charge >= 0.3 is 0 Å². The Bertz CT molecular complexity index is 829. The standard InChI is InChI=1S/C16H14N4O/c1-10-8-12(3-4-13(10)17)20-16(21)11-2-5-14-15(9-11)19-7-6-18-14/h2-9H,17H2,1H3,(H,20,21). The first-order valence-corrected chi connectivity index (χ1v) is 6.52. The van der Waals surface area contributed by atoms with Crippen LogP contribution in [0, 0.1) is 6.92 Å². The van der Waals surface area contributed by atoms with Gasteiger partial charge in [0.2, 0.25) is 0 Å². The van der Waals surface area contributed by atoms with E-state index in [-0.39, 0.29) is 5.91 Å². The Hall–Kier alpha value is -2.95. The van der Waals surface area contributed by atoms with Gasteiger partial charge in [-0.3, -0.25) is 14.8 Å². The molecule has 0 saturated carbocycles. The third kappa shape index (κ3) is 2.67. The quantitative estimate of drug-likeness (QED) is 0.706. The Morgan fingerprint density at radius 3 is 2.57 bits per heavy atom. The number of amides is 1. The second-order valence-corrected chi connectivity index (χ2v) is 4.79. The molecule has 0 aliphatic rings.